The molecule has 0 bridgehead atoms. The van der Waals surface area contributed by atoms with Crippen molar-refractivity contribution in [2.45, 2.75) is 18.7 Å². The van der Waals surface area contributed by atoms with Gasteiger partial charge in [0.1, 0.15) is 6.10 Å². The molecule has 2 nitrogen and oxygen atoms in total. The third kappa shape index (κ3) is 5.03. The molecule has 0 aliphatic carbocycles. The van der Waals surface area contributed by atoms with Gasteiger partial charge in [0.15, 0.2) is 0 Å². The molecule has 1 rings (SSSR count). The van der Waals surface area contributed by atoms with Gasteiger partial charge in [0, 0.05) is 0 Å². The van der Waals surface area contributed by atoms with E-state index in [-0.39, 0.29) is 19.3 Å². The molecule has 1 fully saturated rings. The highest BCUT2D eigenvalue weighted by Crippen LogP contribution is 2.19. The number of hydrogen-bond donors (Lipinski definition) is 0. The third-order valence-corrected chi connectivity index (χ3v) is 1.24. The van der Waals surface area contributed by atoms with Gasteiger partial charge in [-0.05, 0) is 0 Å². The fourth-order valence-corrected chi connectivity index (χ4v) is 0.567. The Labute approximate surface area is 62.3 Å². The highest BCUT2D eigenvalue weighted by atomic mass is 19.4. The first kappa shape index (κ1) is 8.80. The number of alkyl halides is 3. The van der Waals surface area contributed by atoms with Crippen molar-refractivity contribution in [3.8, 4) is 0 Å². The monoisotopic (exact) mass is 170 g/mol. The van der Waals surface area contributed by atoms with E-state index < -0.39 is 12.6 Å². The largest absolute Gasteiger partial charge is 0.391 e. The zero-order valence-corrected chi connectivity index (χ0v) is 5.86. The summed E-state index contributed by atoms with van der Waals surface area (Å²) in [5.74, 6) is 0. The fourth-order valence-electron chi connectivity index (χ4n) is 0.567. The van der Waals surface area contributed by atoms with Crippen LogP contribution in [0.3, 0.4) is 0 Å². The molecule has 5 heteroatoms. The highest BCUT2D eigenvalue weighted by Gasteiger charge is 2.27. The van der Waals surface area contributed by atoms with Crippen molar-refractivity contribution in [1.29, 1.82) is 0 Å². The molecule has 1 aliphatic rings. The van der Waals surface area contributed by atoms with Crippen LogP contribution in [0.15, 0.2) is 0 Å². The lowest BCUT2D eigenvalue weighted by Crippen LogP contribution is -2.13. The first-order valence-corrected chi connectivity index (χ1v) is 3.34. The SMILES string of the molecule is FC(F)(F)CCOCC1CO1. The van der Waals surface area contributed by atoms with E-state index in [0.29, 0.717) is 6.61 Å². The van der Waals surface area contributed by atoms with Crippen LogP contribution in [0.4, 0.5) is 13.2 Å². The standard InChI is InChI=1S/C6H9F3O2/c7-6(8,9)1-2-10-3-5-4-11-5/h5H,1-4H2. The van der Waals surface area contributed by atoms with Gasteiger partial charge in [0.2, 0.25) is 0 Å². The first-order valence-electron chi connectivity index (χ1n) is 3.34. The number of halogens is 3. The maximum Gasteiger partial charge on any atom is 0.391 e. The van der Waals surface area contributed by atoms with Gasteiger partial charge in [-0.25, -0.2) is 0 Å². The van der Waals surface area contributed by atoms with E-state index in [4.69, 9.17) is 4.74 Å². The Balaban J connectivity index is 1.87. The van der Waals surface area contributed by atoms with Gasteiger partial charge < -0.3 is 9.47 Å². The van der Waals surface area contributed by atoms with Crippen LogP contribution < -0.4 is 0 Å². The summed E-state index contributed by atoms with van der Waals surface area (Å²) in [5.41, 5.74) is 0. The summed E-state index contributed by atoms with van der Waals surface area (Å²) in [7, 11) is 0. The Morgan fingerprint density at radius 3 is 2.55 bits per heavy atom. The molecule has 11 heavy (non-hydrogen) atoms. The van der Waals surface area contributed by atoms with Crippen molar-refractivity contribution in [3.63, 3.8) is 0 Å². The molecule has 0 aromatic rings. The minimum Gasteiger partial charge on any atom is -0.378 e. The van der Waals surface area contributed by atoms with Crippen LogP contribution in [0.5, 0.6) is 0 Å². The topological polar surface area (TPSA) is 21.8 Å². The summed E-state index contributed by atoms with van der Waals surface area (Å²) >= 11 is 0. The number of rotatable bonds is 4. The summed E-state index contributed by atoms with van der Waals surface area (Å²) in [5, 5.41) is 0. The van der Waals surface area contributed by atoms with Crippen LogP contribution in [0.1, 0.15) is 6.42 Å². The van der Waals surface area contributed by atoms with E-state index in [1.165, 1.54) is 0 Å². The Hall–Kier alpha value is -0.290. The van der Waals surface area contributed by atoms with Gasteiger partial charge >= 0.3 is 6.18 Å². The zero-order valence-electron chi connectivity index (χ0n) is 5.86. The molecule has 1 unspecified atom stereocenters. The second-order valence-electron chi connectivity index (χ2n) is 2.40. The quantitative estimate of drug-likeness (QED) is 0.469. The molecule has 0 spiro atoms. The average molecular weight is 170 g/mol. The van der Waals surface area contributed by atoms with Gasteiger partial charge in [0.25, 0.3) is 0 Å². The molecule has 1 saturated heterocycles. The van der Waals surface area contributed by atoms with Gasteiger partial charge in [-0.1, -0.05) is 0 Å². The molecule has 0 aromatic carbocycles. The molecule has 0 saturated carbocycles. The van der Waals surface area contributed by atoms with Gasteiger partial charge in [0.05, 0.1) is 26.2 Å². The van der Waals surface area contributed by atoms with E-state index >= 15 is 0 Å². The summed E-state index contributed by atoms with van der Waals surface area (Å²) in [6.45, 7) is 0.644. The zero-order chi connectivity index (χ0) is 8.32. The van der Waals surface area contributed by atoms with Crippen molar-refractivity contribution >= 4 is 0 Å². The second-order valence-corrected chi connectivity index (χ2v) is 2.40. The van der Waals surface area contributed by atoms with Crippen LogP contribution in [0, 0.1) is 0 Å². The smallest absolute Gasteiger partial charge is 0.378 e. The number of hydrogen-bond acceptors (Lipinski definition) is 2. The maximum atomic E-state index is 11.5. The molecule has 0 N–H and O–H groups in total. The second kappa shape index (κ2) is 3.40. The van der Waals surface area contributed by atoms with Crippen molar-refractivity contribution in [2.75, 3.05) is 19.8 Å². The summed E-state index contributed by atoms with van der Waals surface area (Å²) in [6.07, 6.45) is -4.94. The molecule has 0 aromatic heterocycles. The Kier molecular flexibility index (Phi) is 2.72. The van der Waals surface area contributed by atoms with E-state index in [9.17, 15) is 13.2 Å². The predicted molar refractivity (Wildman–Crippen MR) is 31.2 cm³/mol. The molecule has 1 heterocycles. The lowest BCUT2D eigenvalue weighted by Gasteiger charge is -2.05. The normalized spacial score (nSPS) is 23.7. The minimum absolute atomic E-state index is 0.0447. The molecular formula is C6H9F3O2. The fraction of sp³-hybridized carbons (Fsp3) is 1.00. The molecule has 0 amide bonds. The van der Waals surface area contributed by atoms with Crippen LogP contribution >= 0.6 is 0 Å². The predicted octanol–water partition coefficient (Wildman–Crippen LogP) is 1.35. The molecule has 66 valence electrons. The molecule has 0 radical (unpaired) electrons. The van der Waals surface area contributed by atoms with E-state index in [0.717, 1.165) is 0 Å². The third-order valence-electron chi connectivity index (χ3n) is 1.24. The van der Waals surface area contributed by atoms with Crippen LogP contribution in [0.25, 0.3) is 0 Å². The number of ether oxygens (including phenoxy) is 2. The Morgan fingerprint density at radius 1 is 1.45 bits per heavy atom. The Bertz CT molecular complexity index is 119. The van der Waals surface area contributed by atoms with Gasteiger partial charge in [-0.15, -0.1) is 0 Å². The van der Waals surface area contributed by atoms with Gasteiger partial charge in [-0.3, -0.25) is 0 Å². The average Bonchev–Trinajstić information content (AvgIpc) is 2.60. The summed E-state index contributed by atoms with van der Waals surface area (Å²) < 4.78 is 43.9. The van der Waals surface area contributed by atoms with Crippen LogP contribution in [-0.4, -0.2) is 32.1 Å². The summed E-state index contributed by atoms with van der Waals surface area (Å²) in [6, 6.07) is 0. The van der Waals surface area contributed by atoms with Crippen molar-refractivity contribution < 1.29 is 22.6 Å². The first-order chi connectivity index (χ1) is 5.08. The molecule has 1 atom stereocenters. The van der Waals surface area contributed by atoms with Crippen LogP contribution in [-0.2, 0) is 9.47 Å². The maximum absolute atomic E-state index is 11.5. The van der Waals surface area contributed by atoms with Crippen LogP contribution in [0.2, 0.25) is 0 Å². The minimum atomic E-state index is -4.11. The Morgan fingerprint density at radius 2 is 2.09 bits per heavy atom. The number of epoxide rings is 1. The van der Waals surface area contributed by atoms with E-state index in [1.54, 1.807) is 0 Å². The molecule has 1 aliphatic heterocycles. The van der Waals surface area contributed by atoms with Gasteiger partial charge in [-0.2, -0.15) is 13.2 Å². The summed E-state index contributed by atoms with van der Waals surface area (Å²) in [4.78, 5) is 0. The van der Waals surface area contributed by atoms with Crippen molar-refractivity contribution in [1.82, 2.24) is 0 Å². The highest BCUT2D eigenvalue weighted by molar-refractivity contribution is 4.67. The molecular weight excluding hydrogens is 161 g/mol. The van der Waals surface area contributed by atoms with E-state index in [2.05, 4.69) is 4.74 Å². The van der Waals surface area contributed by atoms with Crippen molar-refractivity contribution in [3.05, 3.63) is 0 Å². The lowest BCUT2D eigenvalue weighted by atomic mass is 10.4. The van der Waals surface area contributed by atoms with E-state index in [1.807, 2.05) is 0 Å². The lowest BCUT2D eigenvalue weighted by molar-refractivity contribution is -0.145. The van der Waals surface area contributed by atoms with Crippen molar-refractivity contribution in [2.24, 2.45) is 0 Å².